The van der Waals surface area contributed by atoms with Gasteiger partial charge in [-0.2, -0.15) is 0 Å². The van der Waals surface area contributed by atoms with Crippen LogP contribution in [0, 0.1) is 6.92 Å². The number of rotatable bonds is 4. The van der Waals surface area contributed by atoms with E-state index in [-0.39, 0.29) is 10.1 Å². The zero-order valence-electron chi connectivity index (χ0n) is 11.8. The second-order valence-corrected chi connectivity index (χ2v) is 7.31. The molecule has 1 unspecified atom stereocenters. The van der Waals surface area contributed by atoms with Crippen LogP contribution in [-0.4, -0.2) is 22.8 Å². The number of carbonyl (C=O) groups is 1. The summed E-state index contributed by atoms with van der Waals surface area (Å²) in [7, 11) is 0. The summed E-state index contributed by atoms with van der Waals surface area (Å²) in [6.07, 6.45) is 0.435. The first-order valence-corrected chi connectivity index (χ1v) is 7.56. The van der Waals surface area contributed by atoms with E-state index >= 15 is 0 Å². The molecule has 2 aromatic rings. The predicted molar refractivity (Wildman–Crippen MR) is 84.0 cm³/mol. The Kier molecular flexibility index (Phi) is 4.67. The Hall–Kier alpha value is -1.53. The summed E-state index contributed by atoms with van der Waals surface area (Å²) in [5.41, 5.74) is 3.15. The summed E-state index contributed by atoms with van der Waals surface area (Å²) in [4.78, 5) is 12.2. The normalized spacial score (nSPS) is 13.6. The van der Waals surface area contributed by atoms with Crippen molar-refractivity contribution in [3.05, 3.63) is 65.7 Å². The van der Waals surface area contributed by atoms with Crippen molar-refractivity contribution in [1.29, 1.82) is 0 Å². The number of amides is 1. The van der Waals surface area contributed by atoms with Crippen molar-refractivity contribution in [2.45, 2.75) is 24.5 Å². The number of aryl methyl sites for hydroxylation is 1. The number of nitrogens with one attached hydrogen (secondary N) is 1. The second-order valence-electron chi connectivity index (χ2n) is 5.23. The van der Waals surface area contributed by atoms with E-state index in [9.17, 15) is 4.79 Å². The molecule has 2 radical (unpaired) electrons. The van der Waals surface area contributed by atoms with Gasteiger partial charge in [-0.25, -0.2) is 0 Å². The van der Waals surface area contributed by atoms with Gasteiger partial charge in [-0.1, -0.05) is 0 Å². The Balaban J connectivity index is 2.04. The monoisotopic (exact) mass is 327 g/mol. The van der Waals surface area contributed by atoms with Gasteiger partial charge in [-0.3, -0.25) is 0 Å². The van der Waals surface area contributed by atoms with E-state index in [0.29, 0.717) is 6.42 Å². The van der Waals surface area contributed by atoms with Crippen LogP contribution < -0.4 is 5.32 Å². The molecule has 0 bridgehead atoms. The van der Waals surface area contributed by atoms with Crippen LogP contribution >= 0.6 is 0 Å². The first-order chi connectivity index (χ1) is 9.47. The van der Waals surface area contributed by atoms with Gasteiger partial charge in [0.1, 0.15) is 0 Å². The Bertz CT molecular complexity index is 593. The molecule has 3 heteroatoms. The van der Waals surface area contributed by atoms with E-state index in [1.165, 1.54) is 0 Å². The van der Waals surface area contributed by atoms with Crippen LogP contribution in [0.5, 0.6) is 0 Å². The molecule has 1 N–H and O–H groups in total. The molecule has 102 valence electrons. The van der Waals surface area contributed by atoms with Crippen LogP contribution in [0.15, 0.2) is 54.6 Å². The quantitative estimate of drug-likeness (QED) is 0.857. The molecular formula is C17H18AsNO. The minimum atomic E-state index is -0.234. The summed E-state index contributed by atoms with van der Waals surface area (Å²) >= 11 is 2.62. The zero-order chi connectivity index (χ0) is 14.6. The molecule has 0 fully saturated rings. The molecule has 20 heavy (non-hydrogen) atoms. The fourth-order valence-corrected chi connectivity index (χ4v) is 2.75. The third-order valence-corrected chi connectivity index (χ3v) is 4.08. The molecule has 2 nitrogen and oxygen atoms in total. The Morgan fingerprint density at radius 2 is 1.85 bits per heavy atom. The van der Waals surface area contributed by atoms with Crippen molar-refractivity contribution >= 4 is 28.4 Å². The molecule has 1 amide bonds. The standard InChI is InChI=1S/C17H18AsNO/c1-13-7-6-10-15(11-13)19-16(20)12-17(2,18)14-8-4-3-5-9-14/h3-11H,12H2,1-2H3,(H,19,20). The number of hydrogen-bond acceptors (Lipinski definition) is 1. The summed E-state index contributed by atoms with van der Waals surface area (Å²) in [5, 5.41) is 2.96. The fourth-order valence-electron chi connectivity index (χ4n) is 2.14. The molecule has 0 aliphatic rings. The van der Waals surface area contributed by atoms with Crippen LogP contribution in [0.1, 0.15) is 24.5 Å². The molecule has 0 saturated carbocycles. The molecule has 0 aromatic heterocycles. The summed E-state index contributed by atoms with van der Waals surface area (Å²) < 4.78 is -0.234. The molecule has 2 aromatic carbocycles. The number of benzene rings is 2. The molecule has 0 saturated heterocycles. The van der Waals surface area contributed by atoms with Gasteiger partial charge in [0, 0.05) is 0 Å². The minimum absolute atomic E-state index is 0.0302. The number of carbonyl (C=O) groups excluding carboxylic acids is 1. The van der Waals surface area contributed by atoms with Crippen LogP contribution in [0.3, 0.4) is 0 Å². The number of hydrogen-bond donors (Lipinski definition) is 1. The van der Waals surface area contributed by atoms with Gasteiger partial charge in [-0.15, -0.1) is 0 Å². The topological polar surface area (TPSA) is 29.1 Å². The van der Waals surface area contributed by atoms with Crippen molar-refractivity contribution < 1.29 is 4.79 Å². The van der Waals surface area contributed by atoms with Gasteiger partial charge in [-0.05, 0) is 0 Å². The Labute approximate surface area is 129 Å². The van der Waals surface area contributed by atoms with Crippen LogP contribution in [-0.2, 0) is 9.00 Å². The van der Waals surface area contributed by atoms with Gasteiger partial charge in [0.25, 0.3) is 0 Å². The predicted octanol–water partition coefficient (Wildman–Crippen LogP) is 3.41. The van der Waals surface area contributed by atoms with Crippen molar-refractivity contribution in [3.63, 3.8) is 0 Å². The molecule has 0 heterocycles. The Morgan fingerprint density at radius 3 is 2.50 bits per heavy atom. The van der Waals surface area contributed by atoms with Crippen molar-refractivity contribution in [2.75, 3.05) is 5.32 Å². The van der Waals surface area contributed by atoms with Crippen LogP contribution in [0.4, 0.5) is 5.69 Å². The summed E-state index contributed by atoms with van der Waals surface area (Å²) in [6.45, 7) is 4.08. The summed E-state index contributed by atoms with van der Waals surface area (Å²) in [5.74, 6) is 0.0302. The number of anilines is 1. The Morgan fingerprint density at radius 1 is 1.15 bits per heavy atom. The van der Waals surface area contributed by atoms with E-state index < -0.39 is 0 Å². The second kappa shape index (κ2) is 6.28. The zero-order valence-corrected chi connectivity index (χ0v) is 13.6. The van der Waals surface area contributed by atoms with Gasteiger partial charge in [0.2, 0.25) is 0 Å². The van der Waals surface area contributed by atoms with Crippen LogP contribution in [0.2, 0.25) is 0 Å². The maximum absolute atomic E-state index is 12.2. The van der Waals surface area contributed by atoms with E-state index in [0.717, 1.165) is 16.8 Å². The summed E-state index contributed by atoms with van der Waals surface area (Å²) in [6, 6.07) is 17.9. The fraction of sp³-hybridized carbons (Fsp3) is 0.235. The van der Waals surface area contributed by atoms with E-state index in [1.54, 1.807) is 0 Å². The van der Waals surface area contributed by atoms with Gasteiger partial charge < -0.3 is 0 Å². The molecule has 0 aliphatic heterocycles. The van der Waals surface area contributed by atoms with Crippen molar-refractivity contribution in [1.82, 2.24) is 0 Å². The SMILES string of the molecule is Cc1cccc(NC(=O)CC(C)([As])c2ccccc2)c1. The van der Waals surface area contributed by atoms with Gasteiger partial charge in [0.15, 0.2) is 0 Å². The molecule has 1 atom stereocenters. The first kappa shape index (κ1) is 14.9. The van der Waals surface area contributed by atoms with Gasteiger partial charge >= 0.3 is 129 Å². The molecule has 2 rings (SSSR count). The molecular weight excluding hydrogens is 309 g/mol. The third kappa shape index (κ3) is 3.98. The van der Waals surface area contributed by atoms with Crippen molar-refractivity contribution in [2.24, 2.45) is 0 Å². The van der Waals surface area contributed by atoms with Gasteiger partial charge in [0.05, 0.1) is 0 Å². The van der Waals surface area contributed by atoms with E-state index in [2.05, 4.69) is 41.2 Å². The van der Waals surface area contributed by atoms with Crippen molar-refractivity contribution in [3.8, 4) is 0 Å². The molecule has 0 spiro atoms. The average Bonchev–Trinajstić information content (AvgIpc) is 2.39. The first-order valence-electron chi connectivity index (χ1n) is 6.62. The maximum atomic E-state index is 12.2. The van der Waals surface area contributed by atoms with E-state index in [1.807, 2.05) is 49.4 Å². The third-order valence-electron chi connectivity index (χ3n) is 3.20. The average molecular weight is 327 g/mol. The van der Waals surface area contributed by atoms with E-state index in [4.69, 9.17) is 0 Å². The van der Waals surface area contributed by atoms with Crippen LogP contribution in [0.25, 0.3) is 0 Å². The molecule has 0 aliphatic carbocycles.